The van der Waals surface area contributed by atoms with E-state index in [9.17, 15) is 19.5 Å². The fourth-order valence-electron chi connectivity index (χ4n) is 5.02. The molecule has 2 amide bonds. The summed E-state index contributed by atoms with van der Waals surface area (Å²) in [5, 5.41) is 15.9. The normalized spacial score (nSPS) is 23.5. The van der Waals surface area contributed by atoms with Crippen LogP contribution in [0.1, 0.15) is 37.7 Å². The number of quaternary nitrogens is 1. The van der Waals surface area contributed by atoms with Gasteiger partial charge in [-0.15, -0.1) is 0 Å². The van der Waals surface area contributed by atoms with Gasteiger partial charge in [0.05, 0.1) is 24.9 Å². The van der Waals surface area contributed by atoms with Crippen molar-refractivity contribution >= 4 is 24.5 Å². The van der Waals surface area contributed by atoms with Gasteiger partial charge in [0, 0.05) is 11.5 Å². The smallest absolute Gasteiger partial charge is 0.548 e. The maximum atomic E-state index is 13.4. The van der Waals surface area contributed by atoms with Gasteiger partial charge in [-0.3, -0.25) is 14.4 Å². The minimum absolute atomic E-state index is 0.121. The number of nitrogens with zero attached hydrogens (tertiary/aromatic N) is 1. The van der Waals surface area contributed by atoms with E-state index in [1.165, 1.54) is 6.92 Å². The van der Waals surface area contributed by atoms with Crippen LogP contribution in [0.25, 0.3) is 11.3 Å². The van der Waals surface area contributed by atoms with Gasteiger partial charge in [-0.25, -0.2) is 4.98 Å². The number of carbonyl (C=O) groups is 3. The van der Waals surface area contributed by atoms with Crippen molar-refractivity contribution in [2.24, 2.45) is 5.92 Å². The molecular weight excluding hydrogens is 463 g/mol. The fraction of sp³-hybridized carbons (Fsp3) is 0.440. The maximum absolute atomic E-state index is 13.4. The van der Waals surface area contributed by atoms with E-state index in [1.54, 1.807) is 18.2 Å². The summed E-state index contributed by atoms with van der Waals surface area (Å²) < 4.78 is 11.6. The number of aromatic nitrogens is 1. The van der Waals surface area contributed by atoms with Crippen LogP contribution in [0, 0.1) is 5.92 Å². The van der Waals surface area contributed by atoms with Gasteiger partial charge in [0.1, 0.15) is 18.3 Å². The van der Waals surface area contributed by atoms with Crippen molar-refractivity contribution in [1.29, 1.82) is 0 Å². The Balaban J connectivity index is 1.51. The Morgan fingerprint density at radius 3 is 2.56 bits per heavy atom. The van der Waals surface area contributed by atoms with Crippen LogP contribution < -0.4 is 15.4 Å². The minimum Gasteiger partial charge on any atom is -0.610 e. The summed E-state index contributed by atoms with van der Waals surface area (Å²) in [5.74, 6) is -1.97. The number of hydrogen-bond acceptors (Lipinski definition) is 7. The van der Waals surface area contributed by atoms with Crippen LogP contribution in [0.2, 0.25) is 0 Å². The van der Waals surface area contributed by atoms with Crippen molar-refractivity contribution in [2.75, 3.05) is 19.7 Å². The van der Waals surface area contributed by atoms with E-state index in [4.69, 9.17) is 9.31 Å². The first-order chi connectivity index (χ1) is 17.2. The van der Waals surface area contributed by atoms with Crippen molar-refractivity contribution in [2.45, 2.75) is 45.3 Å². The zero-order valence-corrected chi connectivity index (χ0v) is 20.8. The molecule has 2 aliphatic heterocycles. The van der Waals surface area contributed by atoms with Crippen LogP contribution in [-0.4, -0.2) is 72.3 Å². The van der Waals surface area contributed by atoms with E-state index in [2.05, 4.69) is 15.6 Å². The summed E-state index contributed by atoms with van der Waals surface area (Å²) in [4.78, 5) is 43.8. The van der Waals surface area contributed by atoms with Crippen LogP contribution in [0.3, 0.4) is 0 Å². The Bertz CT molecular complexity index is 1110. The number of amides is 2. The molecule has 0 saturated carbocycles. The second kappa shape index (κ2) is 10.8. The zero-order valence-electron chi connectivity index (χ0n) is 20.8. The molecule has 0 bridgehead atoms. The third kappa shape index (κ3) is 5.43. The van der Waals surface area contributed by atoms with Crippen LogP contribution >= 0.6 is 0 Å². The Morgan fingerprint density at radius 1 is 1.11 bits per heavy atom. The molecule has 4 N–H and O–H groups in total. The summed E-state index contributed by atoms with van der Waals surface area (Å²) in [7, 11) is 0. The lowest BCUT2D eigenvalue weighted by molar-refractivity contribution is -0.781. The number of rotatable bonds is 9. The second-order valence-electron chi connectivity index (χ2n) is 9.93. The number of pyridine rings is 1. The van der Waals surface area contributed by atoms with Crippen molar-refractivity contribution < 1.29 is 33.6 Å². The molecule has 0 radical (unpaired) electrons. The molecule has 0 spiro atoms. The van der Waals surface area contributed by atoms with E-state index < -0.39 is 36.6 Å². The summed E-state index contributed by atoms with van der Waals surface area (Å²) in [6.07, 6.45) is -0.682. The number of aliphatic hydroxyl groups excluding tert-OH is 1. The first-order valence-electron chi connectivity index (χ1n) is 12.4. The Morgan fingerprint density at radius 2 is 1.86 bits per heavy atom. The molecule has 36 heavy (non-hydrogen) atoms. The molecule has 192 valence electrons. The topological polar surface area (TPSA) is 131 Å². The highest BCUT2D eigenvalue weighted by Gasteiger charge is 2.60. The van der Waals surface area contributed by atoms with E-state index in [1.807, 2.05) is 44.2 Å². The van der Waals surface area contributed by atoms with Gasteiger partial charge >= 0.3 is 12.7 Å². The van der Waals surface area contributed by atoms with Gasteiger partial charge < -0.3 is 29.9 Å². The van der Waals surface area contributed by atoms with Crippen LogP contribution in [0.15, 0.2) is 48.5 Å². The Labute approximate surface area is 210 Å². The van der Waals surface area contributed by atoms with E-state index in [0.29, 0.717) is 25.3 Å². The van der Waals surface area contributed by atoms with Gasteiger partial charge in [-0.2, -0.15) is 0 Å². The van der Waals surface area contributed by atoms with Crippen molar-refractivity contribution in [1.82, 2.24) is 15.6 Å². The lowest BCUT2D eigenvalue weighted by Gasteiger charge is -2.39. The van der Waals surface area contributed by atoms with E-state index >= 15 is 0 Å². The standard InChI is InChI=1S/C25H33BN4O6/c1-16(2)14-21(26-30(12-13-35-26)15-22(32)36-26)28-25(34)23(17(3)31)29-24(33)20-11-7-10-19(27-20)18-8-5-4-6-9-18/h4-11,16-17,21,23,30-31H,12-15H2,1-3H3,(H,28,34)(H,29,33)/t17-,21+,23+,26?/m1/s1. The Kier molecular flexibility index (Phi) is 7.72. The average Bonchev–Trinajstić information content (AvgIpc) is 3.39. The molecule has 2 unspecified atom stereocenters. The maximum Gasteiger partial charge on any atom is 0.548 e. The molecule has 2 aromatic rings. The molecular formula is C25H33BN4O6. The van der Waals surface area contributed by atoms with Gasteiger partial charge in [0.25, 0.3) is 5.91 Å². The van der Waals surface area contributed by atoms with Crippen LogP contribution in [-0.2, 0) is 18.9 Å². The molecule has 4 rings (SSSR count). The lowest BCUT2D eigenvalue weighted by Crippen LogP contribution is -3.21. The molecule has 2 saturated heterocycles. The third-order valence-electron chi connectivity index (χ3n) is 6.72. The summed E-state index contributed by atoms with van der Waals surface area (Å²) in [6, 6.07) is 13.2. The second-order valence-corrected chi connectivity index (χ2v) is 9.93. The van der Waals surface area contributed by atoms with Gasteiger partial charge in [-0.1, -0.05) is 56.7 Å². The van der Waals surface area contributed by atoms with Crippen molar-refractivity contribution in [3.8, 4) is 11.3 Å². The molecule has 2 aliphatic rings. The number of nitrogens with one attached hydrogen (secondary N) is 3. The molecule has 1 aromatic heterocycles. The fourth-order valence-corrected chi connectivity index (χ4v) is 5.02. The summed E-state index contributed by atoms with van der Waals surface area (Å²) in [6.45, 7) is 4.52. The number of fused-ring (bicyclic) bond motifs is 1. The van der Waals surface area contributed by atoms with Crippen molar-refractivity contribution in [3.63, 3.8) is 0 Å². The highest BCUT2D eigenvalue weighted by atomic mass is 16.7. The predicted molar refractivity (Wildman–Crippen MR) is 132 cm³/mol. The first kappa shape index (κ1) is 25.8. The number of carbonyl (C=O) groups excluding carboxylic acids is 3. The highest BCUT2D eigenvalue weighted by Crippen LogP contribution is 2.21. The van der Waals surface area contributed by atoms with Crippen LogP contribution in [0.4, 0.5) is 0 Å². The highest BCUT2D eigenvalue weighted by molar-refractivity contribution is 6.64. The van der Waals surface area contributed by atoms with Gasteiger partial charge in [0.15, 0.2) is 0 Å². The molecule has 3 heterocycles. The summed E-state index contributed by atoms with van der Waals surface area (Å²) >= 11 is 0. The molecule has 2 fully saturated rings. The lowest BCUT2D eigenvalue weighted by atomic mass is 9.59. The zero-order chi connectivity index (χ0) is 25.9. The third-order valence-corrected chi connectivity index (χ3v) is 6.72. The molecule has 5 atom stereocenters. The number of aliphatic hydroxyl groups is 1. The molecule has 10 nitrogen and oxygen atoms in total. The SMILES string of the molecule is CC(C)C[C@H](NC(=O)[C@@H](NC(=O)c1cccc(-c2ccccc2)n1)[C@@H](C)O)[B-]12OCC[NH+]1CC(=O)O2. The van der Waals surface area contributed by atoms with E-state index in [-0.39, 0.29) is 24.1 Å². The van der Waals surface area contributed by atoms with Crippen molar-refractivity contribution in [3.05, 3.63) is 54.2 Å². The molecule has 1 aromatic carbocycles. The Hall–Kier alpha value is -3.28. The van der Waals surface area contributed by atoms with Gasteiger partial charge in [0.2, 0.25) is 5.91 Å². The van der Waals surface area contributed by atoms with E-state index in [0.717, 1.165) is 10.4 Å². The predicted octanol–water partition coefficient (Wildman–Crippen LogP) is -0.291. The largest absolute Gasteiger partial charge is 0.610 e. The van der Waals surface area contributed by atoms with Gasteiger partial charge in [-0.05, 0) is 25.0 Å². The minimum atomic E-state index is -2.12. The quantitative estimate of drug-likeness (QED) is 0.351. The summed E-state index contributed by atoms with van der Waals surface area (Å²) in [5.41, 5.74) is 1.59. The molecule has 0 aliphatic carbocycles. The first-order valence-corrected chi connectivity index (χ1v) is 12.4. The monoisotopic (exact) mass is 496 g/mol. The number of hydrogen-bond donors (Lipinski definition) is 4. The van der Waals surface area contributed by atoms with Crippen LogP contribution in [0.5, 0.6) is 0 Å². The number of benzene rings is 1. The average molecular weight is 496 g/mol. The molecule has 11 heteroatoms.